The van der Waals surface area contributed by atoms with E-state index < -0.39 is 0 Å². The van der Waals surface area contributed by atoms with E-state index in [0.717, 1.165) is 5.56 Å². The molecule has 2 N–H and O–H groups in total. The largest absolute Gasteiger partial charge is 0.494 e. The van der Waals surface area contributed by atoms with Gasteiger partial charge in [-0.1, -0.05) is 24.3 Å². The Morgan fingerprint density at radius 3 is 2.76 bits per heavy atom. The first-order valence-corrected chi connectivity index (χ1v) is 6.48. The van der Waals surface area contributed by atoms with Gasteiger partial charge in [-0.2, -0.15) is 0 Å². The molecule has 0 unspecified atom stereocenters. The number of rotatable bonds is 3. The third-order valence-corrected chi connectivity index (χ3v) is 3.17. The third-order valence-electron chi connectivity index (χ3n) is 3.17. The van der Waals surface area contributed by atoms with E-state index in [2.05, 4.69) is 15.0 Å². The van der Waals surface area contributed by atoms with E-state index in [1.807, 2.05) is 18.2 Å². The van der Waals surface area contributed by atoms with Gasteiger partial charge in [0.1, 0.15) is 0 Å². The normalized spacial score (nSPS) is 11.2. The summed E-state index contributed by atoms with van der Waals surface area (Å²) in [6.07, 6.45) is 5.01. The van der Waals surface area contributed by atoms with Crippen LogP contribution in [0.2, 0.25) is 0 Å². The van der Waals surface area contributed by atoms with Crippen molar-refractivity contribution in [1.82, 2.24) is 9.97 Å². The molecule has 1 aromatic carbocycles. The molecule has 0 spiro atoms. The Kier molecular flexibility index (Phi) is 3.47. The number of benzene rings is 1. The second kappa shape index (κ2) is 5.58. The minimum atomic E-state index is -0.312. The van der Waals surface area contributed by atoms with Gasteiger partial charge < -0.3 is 5.11 Å². The number of nitrogens with zero attached hydrogens (tertiary/aromatic N) is 2. The zero-order valence-electron chi connectivity index (χ0n) is 11.2. The van der Waals surface area contributed by atoms with Gasteiger partial charge in [-0.25, -0.2) is 0 Å². The highest BCUT2D eigenvalue weighted by atomic mass is 16.3. The number of aliphatic imine (C=N–C) groups is 1. The molecular weight excluding hydrogens is 266 g/mol. The number of H-pyrrole nitrogens is 1. The van der Waals surface area contributed by atoms with Crippen molar-refractivity contribution < 1.29 is 5.11 Å². The van der Waals surface area contributed by atoms with Crippen molar-refractivity contribution in [3.63, 3.8) is 0 Å². The highest BCUT2D eigenvalue weighted by Crippen LogP contribution is 2.20. The summed E-state index contributed by atoms with van der Waals surface area (Å²) in [6.45, 7) is 0.459. The highest BCUT2D eigenvalue weighted by Gasteiger charge is 2.08. The zero-order valence-corrected chi connectivity index (χ0v) is 11.2. The van der Waals surface area contributed by atoms with Gasteiger partial charge in [0.2, 0.25) is 5.88 Å². The predicted molar refractivity (Wildman–Crippen MR) is 81.8 cm³/mol. The van der Waals surface area contributed by atoms with E-state index in [1.54, 1.807) is 36.8 Å². The number of pyridine rings is 2. The maximum atomic E-state index is 11.8. The van der Waals surface area contributed by atoms with Gasteiger partial charge in [-0.05, 0) is 17.7 Å². The number of fused-ring (bicyclic) bond motifs is 1. The van der Waals surface area contributed by atoms with Crippen molar-refractivity contribution in [3.8, 4) is 5.88 Å². The summed E-state index contributed by atoms with van der Waals surface area (Å²) in [7, 11) is 0. The Labute approximate surface area is 120 Å². The zero-order chi connectivity index (χ0) is 14.7. The first kappa shape index (κ1) is 13.1. The Bertz CT molecular complexity index is 854. The van der Waals surface area contributed by atoms with Gasteiger partial charge in [0.05, 0.1) is 12.1 Å². The summed E-state index contributed by atoms with van der Waals surface area (Å²) >= 11 is 0. The number of hydrogen-bond acceptors (Lipinski definition) is 4. The maximum absolute atomic E-state index is 11.8. The van der Waals surface area contributed by atoms with Crippen LogP contribution in [0.5, 0.6) is 5.88 Å². The molecule has 0 fully saturated rings. The van der Waals surface area contributed by atoms with Crippen LogP contribution < -0.4 is 5.56 Å². The number of hydrogen-bond donors (Lipinski definition) is 2. The summed E-state index contributed by atoms with van der Waals surface area (Å²) in [5, 5.41) is 11.1. The monoisotopic (exact) mass is 279 g/mol. The van der Waals surface area contributed by atoms with Gasteiger partial charge in [-0.3, -0.25) is 19.8 Å². The van der Waals surface area contributed by atoms with Crippen LogP contribution >= 0.6 is 0 Å². The van der Waals surface area contributed by atoms with E-state index in [-0.39, 0.29) is 11.4 Å². The van der Waals surface area contributed by atoms with Crippen LogP contribution in [0.3, 0.4) is 0 Å². The third kappa shape index (κ3) is 2.67. The van der Waals surface area contributed by atoms with Gasteiger partial charge in [-0.15, -0.1) is 0 Å². The summed E-state index contributed by atoms with van der Waals surface area (Å²) in [6, 6.07) is 10.9. The van der Waals surface area contributed by atoms with Crippen molar-refractivity contribution in [2.24, 2.45) is 4.99 Å². The molecule has 0 aliphatic heterocycles. The van der Waals surface area contributed by atoms with Gasteiger partial charge in [0, 0.05) is 29.4 Å². The lowest BCUT2D eigenvalue weighted by atomic mass is 10.1. The van der Waals surface area contributed by atoms with Crippen LogP contribution in [-0.4, -0.2) is 21.3 Å². The molecule has 0 saturated heterocycles. The van der Waals surface area contributed by atoms with Crippen LogP contribution in [0, 0.1) is 0 Å². The fourth-order valence-electron chi connectivity index (χ4n) is 2.15. The predicted octanol–water partition coefficient (Wildman–Crippen LogP) is 2.25. The minimum absolute atomic E-state index is 0.173. The second-order valence-corrected chi connectivity index (χ2v) is 4.59. The molecular formula is C16H13N3O2. The molecule has 21 heavy (non-hydrogen) atoms. The standard InChI is InChI=1S/C16H13N3O2/c20-15-13-6-2-1-5-12(13)14(16(21)19-15)10-18-9-11-4-3-7-17-8-11/h1-8,10H,9H2,(H2,19,20,21). The van der Waals surface area contributed by atoms with Gasteiger partial charge in [0.25, 0.3) is 5.56 Å². The van der Waals surface area contributed by atoms with Crippen LogP contribution in [0.25, 0.3) is 10.8 Å². The second-order valence-electron chi connectivity index (χ2n) is 4.59. The molecule has 0 aliphatic rings. The van der Waals surface area contributed by atoms with Crippen LogP contribution in [0.15, 0.2) is 58.6 Å². The van der Waals surface area contributed by atoms with E-state index in [4.69, 9.17) is 0 Å². The van der Waals surface area contributed by atoms with Crippen molar-refractivity contribution in [2.75, 3.05) is 0 Å². The lowest BCUT2D eigenvalue weighted by Gasteiger charge is -2.04. The Morgan fingerprint density at radius 1 is 1.19 bits per heavy atom. The SMILES string of the molecule is O=c1[nH]c(O)c(C=NCc2cccnc2)c2ccccc12. The Hall–Kier alpha value is -2.95. The number of nitrogens with one attached hydrogen (secondary N) is 1. The Morgan fingerprint density at radius 2 is 2.00 bits per heavy atom. The highest BCUT2D eigenvalue weighted by molar-refractivity contribution is 6.01. The molecule has 0 aliphatic carbocycles. The molecule has 2 aromatic heterocycles. The lowest BCUT2D eigenvalue weighted by Crippen LogP contribution is -2.07. The fraction of sp³-hybridized carbons (Fsp3) is 0.0625. The molecule has 5 nitrogen and oxygen atoms in total. The average molecular weight is 279 g/mol. The van der Waals surface area contributed by atoms with E-state index >= 15 is 0 Å². The molecule has 0 amide bonds. The Balaban J connectivity index is 1.99. The minimum Gasteiger partial charge on any atom is -0.494 e. The quantitative estimate of drug-likeness (QED) is 0.722. The van der Waals surface area contributed by atoms with Crippen molar-refractivity contribution in [2.45, 2.75) is 6.54 Å². The molecule has 104 valence electrons. The molecule has 5 heteroatoms. The molecule has 3 rings (SSSR count). The lowest BCUT2D eigenvalue weighted by molar-refractivity contribution is 0.452. The molecule has 0 bridgehead atoms. The van der Waals surface area contributed by atoms with Gasteiger partial charge >= 0.3 is 0 Å². The number of aromatic nitrogens is 2. The number of aromatic hydroxyl groups is 1. The first-order chi connectivity index (χ1) is 10.3. The van der Waals surface area contributed by atoms with E-state index in [1.165, 1.54) is 0 Å². The molecule has 3 aromatic rings. The smallest absolute Gasteiger partial charge is 0.258 e. The maximum Gasteiger partial charge on any atom is 0.258 e. The average Bonchev–Trinajstić information content (AvgIpc) is 2.51. The van der Waals surface area contributed by atoms with Crippen LogP contribution in [0.1, 0.15) is 11.1 Å². The molecule has 0 radical (unpaired) electrons. The summed E-state index contributed by atoms with van der Waals surface area (Å²) in [5.74, 6) is -0.173. The molecule has 0 saturated carbocycles. The van der Waals surface area contributed by atoms with E-state index in [9.17, 15) is 9.90 Å². The van der Waals surface area contributed by atoms with E-state index in [0.29, 0.717) is 22.9 Å². The fourth-order valence-corrected chi connectivity index (χ4v) is 2.15. The molecule has 0 atom stereocenters. The van der Waals surface area contributed by atoms with Crippen molar-refractivity contribution >= 4 is 17.0 Å². The van der Waals surface area contributed by atoms with Crippen LogP contribution in [0.4, 0.5) is 0 Å². The van der Waals surface area contributed by atoms with Crippen molar-refractivity contribution in [3.05, 3.63) is 70.3 Å². The summed E-state index contributed by atoms with van der Waals surface area (Å²) in [4.78, 5) is 22.5. The summed E-state index contributed by atoms with van der Waals surface area (Å²) in [5.41, 5.74) is 1.17. The molecule has 2 heterocycles. The van der Waals surface area contributed by atoms with Gasteiger partial charge in [0.15, 0.2) is 0 Å². The number of aromatic amines is 1. The van der Waals surface area contributed by atoms with Crippen molar-refractivity contribution in [1.29, 1.82) is 0 Å². The first-order valence-electron chi connectivity index (χ1n) is 6.48. The summed E-state index contributed by atoms with van der Waals surface area (Å²) < 4.78 is 0. The topological polar surface area (TPSA) is 78.3 Å². The van der Waals surface area contributed by atoms with Crippen LogP contribution in [-0.2, 0) is 6.54 Å².